The summed E-state index contributed by atoms with van der Waals surface area (Å²) in [5.41, 5.74) is 1.55. The van der Waals surface area contributed by atoms with Gasteiger partial charge < -0.3 is 9.64 Å². The quantitative estimate of drug-likeness (QED) is 0.388. The van der Waals surface area contributed by atoms with E-state index >= 15 is 0 Å². The molecular weight excluding hydrogens is 466 g/mol. The summed E-state index contributed by atoms with van der Waals surface area (Å²) >= 11 is 9.21. The summed E-state index contributed by atoms with van der Waals surface area (Å²) in [6.45, 7) is 3.85. The van der Waals surface area contributed by atoms with E-state index < -0.39 is 0 Å². The Bertz CT molecular complexity index is 1270. The molecule has 1 fully saturated rings. The fourth-order valence-electron chi connectivity index (χ4n) is 4.30. The Morgan fingerprint density at radius 3 is 2.91 bits per heavy atom. The molecule has 1 atom stereocenters. The van der Waals surface area contributed by atoms with E-state index in [1.165, 1.54) is 16.6 Å². The Balaban J connectivity index is 1.68. The molecular formula is C23H24ClN3O3S2. The number of carbonyl (C=O) groups is 1. The molecule has 168 valence electrons. The molecule has 32 heavy (non-hydrogen) atoms. The molecule has 6 nitrogen and oxygen atoms in total. The number of likely N-dealkylation sites (tertiary alicyclic amines) is 1. The van der Waals surface area contributed by atoms with Crippen LogP contribution in [0.5, 0.6) is 5.75 Å². The highest BCUT2D eigenvalue weighted by molar-refractivity contribution is 7.99. The summed E-state index contributed by atoms with van der Waals surface area (Å²) in [4.78, 5) is 35.2. The van der Waals surface area contributed by atoms with Crippen molar-refractivity contribution in [2.24, 2.45) is 5.92 Å². The molecule has 1 aliphatic heterocycles. The molecule has 1 saturated heterocycles. The van der Waals surface area contributed by atoms with Crippen LogP contribution in [0.1, 0.15) is 30.2 Å². The number of halogens is 1. The number of carbonyl (C=O) groups excluding carboxylic acids is 1. The average Bonchev–Trinajstić information content (AvgIpc) is 3.08. The minimum absolute atomic E-state index is 0.0690. The number of methoxy groups -OCH3 is 1. The highest BCUT2D eigenvalue weighted by atomic mass is 35.5. The second-order valence-corrected chi connectivity index (χ2v) is 10.9. The number of fused-ring (bicyclic) bond motifs is 3. The molecule has 5 rings (SSSR count). The first kappa shape index (κ1) is 21.8. The Hall–Kier alpha value is -2.03. The van der Waals surface area contributed by atoms with Gasteiger partial charge in [-0.15, -0.1) is 11.3 Å². The maximum Gasteiger partial charge on any atom is 0.267 e. The standard InChI is InChI=1S/C23H24ClN3O3S2/c1-13-4-6-15-18(10-13)32-21-20(15)22(29)27(16-11-14(24)5-7-17(16)30-2)23(25-21)31-12-19(28)26-8-3-9-26/h5,7,11,13H,3-4,6,8-10,12H2,1-2H3/t13-/m0/s1. The number of amides is 1. The Labute approximate surface area is 199 Å². The van der Waals surface area contributed by atoms with Gasteiger partial charge in [0.05, 0.1) is 23.9 Å². The van der Waals surface area contributed by atoms with Crippen molar-refractivity contribution in [1.82, 2.24) is 14.5 Å². The lowest BCUT2D eigenvalue weighted by Crippen LogP contribution is -2.43. The van der Waals surface area contributed by atoms with Crippen LogP contribution >= 0.6 is 34.7 Å². The van der Waals surface area contributed by atoms with Gasteiger partial charge in [0, 0.05) is 23.0 Å². The van der Waals surface area contributed by atoms with Crippen molar-refractivity contribution in [2.45, 2.75) is 37.8 Å². The highest BCUT2D eigenvalue weighted by Crippen LogP contribution is 2.38. The molecule has 3 heterocycles. The van der Waals surface area contributed by atoms with E-state index in [-0.39, 0.29) is 17.2 Å². The lowest BCUT2D eigenvalue weighted by Gasteiger charge is -2.30. The monoisotopic (exact) mass is 489 g/mol. The first-order chi connectivity index (χ1) is 15.5. The Morgan fingerprint density at radius 2 is 2.19 bits per heavy atom. The minimum atomic E-state index is -0.124. The molecule has 3 aromatic rings. The molecule has 0 spiro atoms. The van der Waals surface area contributed by atoms with Crippen LogP contribution in [0.25, 0.3) is 15.9 Å². The van der Waals surface area contributed by atoms with E-state index in [1.807, 2.05) is 4.90 Å². The van der Waals surface area contributed by atoms with E-state index in [0.29, 0.717) is 32.9 Å². The zero-order valence-corrected chi connectivity index (χ0v) is 20.4. The largest absolute Gasteiger partial charge is 0.495 e. The number of ether oxygens (including phenoxy) is 1. The Kier molecular flexibility index (Phi) is 5.94. The number of benzene rings is 1. The fourth-order valence-corrected chi connectivity index (χ4v) is 6.80. The number of aryl methyl sites for hydroxylation is 1. The molecule has 0 unspecified atom stereocenters. The fraction of sp³-hybridized carbons (Fsp3) is 0.435. The van der Waals surface area contributed by atoms with E-state index in [0.717, 1.165) is 49.2 Å². The summed E-state index contributed by atoms with van der Waals surface area (Å²) in [5.74, 6) is 1.45. The second-order valence-electron chi connectivity index (χ2n) is 8.41. The van der Waals surface area contributed by atoms with Crippen molar-refractivity contribution in [3.8, 4) is 11.4 Å². The normalized spacial score (nSPS) is 17.8. The van der Waals surface area contributed by atoms with Crippen LogP contribution in [0.15, 0.2) is 28.2 Å². The van der Waals surface area contributed by atoms with Crippen LogP contribution in [0.4, 0.5) is 0 Å². The molecule has 1 aliphatic carbocycles. The number of aromatic nitrogens is 2. The molecule has 9 heteroatoms. The second kappa shape index (κ2) is 8.72. The van der Waals surface area contributed by atoms with Crippen LogP contribution in [-0.4, -0.2) is 46.3 Å². The van der Waals surface area contributed by atoms with Crippen molar-refractivity contribution in [2.75, 3.05) is 26.0 Å². The third-order valence-electron chi connectivity index (χ3n) is 6.21. The average molecular weight is 490 g/mol. The lowest BCUT2D eigenvalue weighted by atomic mass is 9.89. The molecule has 2 aromatic heterocycles. The van der Waals surface area contributed by atoms with Gasteiger partial charge in [0.25, 0.3) is 5.56 Å². The van der Waals surface area contributed by atoms with Crippen molar-refractivity contribution < 1.29 is 9.53 Å². The van der Waals surface area contributed by atoms with Crippen molar-refractivity contribution >= 4 is 50.8 Å². The van der Waals surface area contributed by atoms with Gasteiger partial charge in [-0.2, -0.15) is 0 Å². The summed E-state index contributed by atoms with van der Waals surface area (Å²) in [6, 6.07) is 5.20. The van der Waals surface area contributed by atoms with Crippen molar-refractivity contribution in [3.05, 3.63) is 44.0 Å². The number of thiophene rings is 1. The van der Waals surface area contributed by atoms with E-state index in [4.69, 9.17) is 21.3 Å². The third-order valence-corrected chi connectivity index (χ3v) is 8.52. The number of nitrogens with zero attached hydrogens (tertiary/aromatic N) is 3. The number of hydrogen-bond acceptors (Lipinski definition) is 6. The van der Waals surface area contributed by atoms with Gasteiger partial charge in [-0.05, 0) is 55.4 Å². The molecule has 1 amide bonds. The number of thioether (sulfide) groups is 1. The minimum Gasteiger partial charge on any atom is -0.495 e. The van der Waals surface area contributed by atoms with Crippen LogP contribution in [0, 0.1) is 5.92 Å². The first-order valence-electron chi connectivity index (χ1n) is 10.8. The van der Waals surface area contributed by atoms with Crippen molar-refractivity contribution in [3.63, 3.8) is 0 Å². The zero-order valence-electron chi connectivity index (χ0n) is 18.0. The van der Waals surface area contributed by atoms with Crippen LogP contribution in [0.3, 0.4) is 0 Å². The van der Waals surface area contributed by atoms with Gasteiger partial charge in [0.1, 0.15) is 10.6 Å². The zero-order chi connectivity index (χ0) is 22.4. The first-order valence-corrected chi connectivity index (χ1v) is 13.0. The summed E-state index contributed by atoms with van der Waals surface area (Å²) in [5, 5.41) is 1.68. The van der Waals surface area contributed by atoms with Gasteiger partial charge in [-0.1, -0.05) is 30.3 Å². The van der Waals surface area contributed by atoms with Gasteiger partial charge >= 0.3 is 0 Å². The van der Waals surface area contributed by atoms with Crippen molar-refractivity contribution in [1.29, 1.82) is 0 Å². The van der Waals surface area contributed by atoms with Crippen LogP contribution < -0.4 is 10.3 Å². The smallest absolute Gasteiger partial charge is 0.267 e. The molecule has 0 radical (unpaired) electrons. The molecule has 0 N–H and O–H groups in total. The number of hydrogen-bond donors (Lipinski definition) is 0. The third kappa shape index (κ3) is 3.82. The van der Waals surface area contributed by atoms with Crippen LogP contribution in [-0.2, 0) is 17.6 Å². The van der Waals surface area contributed by atoms with Gasteiger partial charge in [-0.3, -0.25) is 14.2 Å². The van der Waals surface area contributed by atoms with Gasteiger partial charge in [-0.25, -0.2) is 4.98 Å². The maximum absolute atomic E-state index is 13.9. The van der Waals surface area contributed by atoms with Gasteiger partial charge in [0.15, 0.2) is 5.16 Å². The highest BCUT2D eigenvalue weighted by Gasteiger charge is 2.27. The molecule has 0 bridgehead atoms. The SMILES string of the molecule is COc1ccc(Cl)cc1-n1c(SCC(=O)N2CCC2)nc2sc3c(c2c1=O)CC[C@H](C)C3. The number of rotatable bonds is 5. The topological polar surface area (TPSA) is 64.4 Å². The van der Waals surface area contributed by atoms with Crippen LogP contribution in [0.2, 0.25) is 5.02 Å². The van der Waals surface area contributed by atoms with Gasteiger partial charge in [0.2, 0.25) is 5.91 Å². The predicted molar refractivity (Wildman–Crippen MR) is 130 cm³/mol. The van der Waals surface area contributed by atoms with E-state index in [9.17, 15) is 9.59 Å². The molecule has 1 aromatic carbocycles. The Morgan fingerprint density at radius 1 is 1.38 bits per heavy atom. The maximum atomic E-state index is 13.9. The molecule has 2 aliphatic rings. The summed E-state index contributed by atoms with van der Waals surface area (Å²) < 4.78 is 7.12. The van der Waals surface area contributed by atoms with E-state index in [2.05, 4.69) is 6.92 Å². The van der Waals surface area contributed by atoms with E-state index in [1.54, 1.807) is 41.2 Å². The summed E-state index contributed by atoms with van der Waals surface area (Å²) in [7, 11) is 1.57. The summed E-state index contributed by atoms with van der Waals surface area (Å²) in [6.07, 6.45) is 3.98. The lowest BCUT2D eigenvalue weighted by molar-refractivity contribution is -0.131. The predicted octanol–water partition coefficient (Wildman–Crippen LogP) is 4.56. The molecule has 0 saturated carbocycles.